The lowest BCUT2D eigenvalue weighted by Gasteiger charge is -2.18. The molecular formula is C15H11F6N3OS. The van der Waals surface area contributed by atoms with E-state index in [2.05, 4.69) is 12.8 Å². The molecule has 2 rings (SSSR count). The van der Waals surface area contributed by atoms with Gasteiger partial charge in [0.2, 0.25) is 0 Å². The minimum Gasteiger partial charge on any atom is -0.399 e. The number of nitrogen functional groups attached to an aromatic ring is 1. The molecule has 11 heteroatoms. The molecule has 0 saturated carbocycles. The number of urea groups is 1. The Balaban J connectivity index is 2.32. The van der Waals surface area contributed by atoms with E-state index in [4.69, 9.17) is 5.73 Å². The van der Waals surface area contributed by atoms with Crippen LogP contribution in [0, 0.1) is 0 Å². The summed E-state index contributed by atoms with van der Waals surface area (Å²) < 4.78 is 77.6. The van der Waals surface area contributed by atoms with Gasteiger partial charge in [0.05, 0.1) is 16.8 Å². The Kier molecular flexibility index (Phi) is 5.31. The van der Waals surface area contributed by atoms with Crippen LogP contribution in [0.5, 0.6) is 0 Å². The van der Waals surface area contributed by atoms with Gasteiger partial charge in [-0.3, -0.25) is 0 Å². The van der Waals surface area contributed by atoms with E-state index < -0.39 is 35.2 Å². The Hall–Kier alpha value is -2.56. The standard InChI is InChI=1S/C15H11F6N3OS/c16-14(17,18)8-5-9(15(19,20)21)7-11(6-8)23-13(25)24(26)12-3-1-10(22)2-4-12/h1-7,26H,22H2,(H,23,25). The molecular weight excluding hydrogens is 384 g/mol. The smallest absolute Gasteiger partial charge is 0.399 e. The second-order valence-corrected chi connectivity index (χ2v) is 5.53. The number of hydrogen-bond acceptors (Lipinski definition) is 3. The summed E-state index contributed by atoms with van der Waals surface area (Å²) in [6.45, 7) is 0. The molecule has 2 aromatic carbocycles. The van der Waals surface area contributed by atoms with Crippen molar-refractivity contribution in [1.82, 2.24) is 0 Å². The number of benzene rings is 2. The van der Waals surface area contributed by atoms with E-state index in [1.807, 2.05) is 5.32 Å². The third-order valence-electron chi connectivity index (χ3n) is 3.17. The number of nitrogens with zero attached hydrogens (tertiary/aromatic N) is 1. The highest BCUT2D eigenvalue weighted by Crippen LogP contribution is 2.37. The molecule has 0 aliphatic carbocycles. The van der Waals surface area contributed by atoms with Crippen LogP contribution in [0.2, 0.25) is 0 Å². The molecule has 0 bridgehead atoms. The van der Waals surface area contributed by atoms with E-state index in [1.54, 1.807) is 0 Å². The normalized spacial score (nSPS) is 12.0. The van der Waals surface area contributed by atoms with Crippen LogP contribution < -0.4 is 15.4 Å². The van der Waals surface area contributed by atoms with Crippen molar-refractivity contribution in [2.45, 2.75) is 12.4 Å². The number of carbonyl (C=O) groups is 1. The molecule has 0 fully saturated rings. The van der Waals surface area contributed by atoms with Crippen LogP contribution in [-0.4, -0.2) is 6.03 Å². The van der Waals surface area contributed by atoms with Crippen LogP contribution in [0.4, 0.5) is 48.2 Å². The van der Waals surface area contributed by atoms with Gasteiger partial charge in [-0.2, -0.15) is 26.3 Å². The summed E-state index contributed by atoms with van der Waals surface area (Å²) in [4.78, 5) is 12.1. The summed E-state index contributed by atoms with van der Waals surface area (Å²) in [6.07, 6.45) is -10.0. The number of nitrogens with two attached hydrogens (primary N) is 1. The summed E-state index contributed by atoms with van der Waals surface area (Å²) >= 11 is 3.88. The maximum absolute atomic E-state index is 12.8. The molecule has 0 unspecified atom stereocenters. The van der Waals surface area contributed by atoms with Gasteiger partial charge in [-0.05, 0) is 42.5 Å². The van der Waals surface area contributed by atoms with Crippen molar-refractivity contribution in [3.05, 3.63) is 53.6 Å². The Labute approximate surface area is 149 Å². The average Bonchev–Trinajstić information content (AvgIpc) is 2.53. The van der Waals surface area contributed by atoms with Crippen LogP contribution in [0.3, 0.4) is 0 Å². The zero-order valence-corrected chi connectivity index (χ0v) is 13.6. The van der Waals surface area contributed by atoms with Crippen LogP contribution in [0.1, 0.15) is 11.1 Å². The number of rotatable bonds is 2. The molecule has 0 saturated heterocycles. The van der Waals surface area contributed by atoms with Crippen molar-refractivity contribution in [2.24, 2.45) is 0 Å². The predicted octanol–water partition coefficient (Wildman–Crippen LogP) is 5.19. The summed E-state index contributed by atoms with van der Waals surface area (Å²) in [5, 5.41) is 1.96. The number of halogens is 6. The van der Waals surface area contributed by atoms with Crippen LogP contribution in [0.25, 0.3) is 0 Å². The van der Waals surface area contributed by atoms with Gasteiger partial charge >= 0.3 is 18.4 Å². The first kappa shape index (κ1) is 19.8. The van der Waals surface area contributed by atoms with Crippen LogP contribution >= 0.6 is 12.8 Å². The number of anilines is 3. The molecule has 0 radical (unpaired) electrons. The second kappa shape index (κ2) is 6.98. The number of carbonyl (C=O) groups excluding carboxylic acids is 1. The molecule has 4 nitrogen and oxygen atoms in total. The van der Waals surface area contributed by atoms with Crippen LogP contribution in [0.15, 0.2) is 42.5 Å². The van der Waals surface area contributed by atoms with Gasteiger partial charge < -0.3 is 11.1 Å². The highest BCUT2D eigenvalue weighted by Gasteiger charge is 2.37. The minimum atomic E-state index is -5.02. The van der Waals surface area contributed by atoms with Gasteiger partial charge in [0.1, 0.15) is 0 Å². The first-order valence-electron chi connectivity index (χ1n) is 6.83. The average molecular weight is 395 g/mol. The molecule has 3 N–H and O–H groups in total. The molecule has 26 heavy (non-hydrogen) atoms. The van der Waals surface area contributed by atoms with E-state index in [1.165, 1.54) is 24.3 Å². The third-order valence-corrected chi connectivity index (χ3v) is 3.58. The summed E-state index contributed by atoms with van der Waals surface area (Å²) in [6, 6.07) is 5.40. The quantitative estimate of drug-likeness (QED) is 0.372. The zero-order chi connectivity index (χ0) is 19.7. The summed E-state index contributed by atoms with van der Waals surface area (Å²) in [7, 11) is 0. The fourth-order valence-corrected chi connectivity index (χ4v) is 2.12. The number of alkyl halides is 6. The summed E-state index contributed by atoms with van der Waals surface area (Å²) in [5.74, 6) is 0. The number of nitrogens with one attached hydrogen (secondary N) is 1. The fraction of sp³-hybridized carbons (Fsp3) is 0.133. The van der Waals surface area contributed by atoms with E-state index in [-0.39, 0.29) is 11.8 Å². The lowest BCUT2D eigenvalue weighted by molar-refractivity contribution is -0.143. The van der Waals surface area contributed by atoms with Gasteiger partial charge in [0.25, 0.3) is 0 Å². The molecule has 0 spiro atoms. The van der Waals surface area contributed by atoms with E-state index >= 15 is 0 Å². The Morgan fingerprint density at radius 3 is 1.81 bits per heavy atom. The molecule has 0 heterocycles. The Morgan fingerprint density at radius 2 is 1.38 bits per heavy atom. The van der Waals surface area contributed by atoms with Crippen molar-refractivity contribution < 1.29 is 31.1 Å². The SMILES string of the molecule is Nc1ccc(N(S)C(=O)Nc2cc(C(F)(F)F)cc(C(F)(F)F)c2)cc1. The number of amides is 2. The van der Waals surface area contributed by atoms with Crippen molar-refractivity contribution >= 4 is 35.9 Å². The topological polar surface area (TPSA) is 58.4 Å². The lowest BCUT2D eigenvalue weighted by atomic mass is 10.1. The van der Waals surface area contributed by atoms with Gasteiger partial charge in [0.15, 0.2) is 0 Å². The van der Waals surface area contributed by atoms with Crippen molar-refractivity contribution in [1.29, 1.82) is 0 Å². The maximum Gasteiger partial charge on any atom is 0.416 e. The first-order valence-corrected chi connectivity index (χ1v) is 7.23. The highest BCUT2D eigenvalue weighted by atomic mass is 32.1. The molecule has 0 aliphatic heterocycles. The van der Waals surface area contributed by atoms with E-state index in [0.717, 1.165) is 0 Å². The number of hydrogen-bond donors (Lipinski definition) is 3. The predicted molar refractivity (Wildman–Crippen MR) is 87.8 cm³/mol. The molecule has 2 amide bonds. The summed E-state index contributed by atoms with van der Waals surface area (Å²) in [5.41, 5.74) is 2.33. The molecule has 0 atom stereocenters. The fourth-order valence-electron chi connectivity index (χ4n) is 1.94. The molecule has 0 aromatic heterocycles. The maximum atomic E-state index is 12.8. The van der Waals surface area contributed by atoms with Gasteiger partial charge in [-0.15, -0.1) is 0 Å². The number of thiol groups is 1. The zero-order valence-electron chi connectivity index (χ0n) is 12.7. The lowest BCUT2D eigenvalue weighted by Crippen LogP contribution is -2.27. The van der Waals surface area contributed by atoms with E-state index in [9.17, 15) is 31.1 Å². The van der Waals surface area contributed by atoms with Crippen molar-refractivity contribution in [3.63, 3.8) is 0 Å². The van der Waals surface area contributed by atoms with Crippen LogP contribution in [-0.2, 0) is 12.4 Å². The first-order chi connectivity index (χ1) is 11.9. The van der Waals surface area contributed by atoms with Gasteiger partial charge in [-0.1, -0.05) is 12.8 Å². The largest absolute Gasteiger partial charge is 0.416 e. The second-order valence-electron chi connectivity index (χ2n) is 5.13. The Bertz CT molecular complexity index is 772. The van der Waals surface area contributed by atoms with Crippen molar-refractivity contribution in [2.75, 3.05) is 15.4 Å². The van der Waals surface area contributed by atoms with Crippen molar-refractivity contribution in [3.8, 4) is 0 Å². The minimum absolute atomic E-state index is 0.0336. The molecule has 140 valence electrons. The molecule has 2 aromatic rings. The molecule has 0 aliphatic rings. The Morgan fingerprint density at radius 1 is 0.923 bits per heavy atom. The van der Waals surface area contributed by atoms with Gasteiger partial charge in [-0.25, -0.2) is 9.10 Å². The monoisotopic (exact) mass is 395 g/mol. The van der Waals surface area contributed by atoms with E-state index in [0.29, 0.717) is 22.1 Å². The van der Waals surface area contributed by atoms with Gasteiger partial charge in [0, 0.05) is 11.4 Å². The third kappa shape index (κ3) is 4.75. The highest BCUT2D eigenvalue weighted by molar-refractivity contribution is 7.82.